The maximum Gasteiger partial charge on any atom is 0.254 e. The van der Waals surface area contributed by atoms with Crippen LogP contribution in [0.15, 0.2) is 41.9 Å². The van der Waals surface area contributed by atoms with Crippen molar-refractivity contribution >= 4 is 49.4 Å². The number of epoxide rings is 1. The summed E-state index contributed by atoms with van der Waals surface area (Å²) in [6.45, 7) is 0. The second-order valence-corrected chi connectivity index (χ2v) is 8.60. The lowest BCUT2D eigenvalue weighted by Crippen LogP contribution is -2.33. The van der Waals surface area contributed by atoms with Crippen molar-refractivity contribution < 1.29 is 24.5 Å². The minimum atomic E-state index is -0.477. The summed E-state index contributed by atoms with van der Waals surface area (Å²) >= 11 is 1.49. The zero-order valence-corrected chi connectivity index (χ0v) is 17.3. The minimum absolute atomic E-state index is 0. The predicted octanol–water partition coefficient (Wildman–Crippen LogP) is 4.69. The molecular weight excluding hydrogens is 422 g/mol. The molecule has 2 aliphatic heterocycles. The lowest BCUT2D eigenvalue weighted by molar-refractivity contribution is -0.116. The summed E-state index contributed by atoms with van der Waals surface area (Å²) in [6.07, 6.45) is 1.10. The van der Waals surface area contributed by atoms with Crippen LogP contribution in [0.4, 0.5) is 8.78 Å². The van der Waals surface area contributed by atoms with E-state index in [1.54, 1.807) is 29.9 Å². The lowest BCUT2D eigenvalue weighted by atomic mass is 9.89. The molecule has 2 atom stereocenters. The number of nitrogens with one attached hydrogen (secondary N) is 1. The average Bonchev–Trinajstić information content (AvgIpc) is 3.29. The van der Waals surface area contributed by atoms with Gasteiger partial charge in [-0.1, -0.05) is 0 Å². The molecule has 0 radical (unpaired) electrons. The SMILES string of the molecule is COc1cc2c(C3=C(c4csc5ccc(F)cc45)C4OC4NC3=O)cn(C)c2cc1F.[HH]. The maximum atomic E-state index is 14.3. The number of halogens is 2. The fourth-order valence-corrected chi connectivity index (χ4v) is 5.35. The highest BCUT2D eigenvalue weighted by Gasteiger charge is 2.50. The third kappa shape index (κ3) is 2.65. The quantitative estimate of drug-likeness (QED) is 0.470. The van der Waals surface area contributed by atoms with Crippen molar-refractivity contribution in [2.45, 2.75) is 12.3 Å². The average molecular weight is 440 g/mol. The zero-order valence-electron chi connectivity index (χ0n) is 16.5. The van der Waals surface area contributed by atoms with Crippen LogP contribution in [0.25, 0.3) is 32.1 Å². The van der Waals surface area contributed by atoms with E-state index in [4.69, 9.17) is 9.47 Å². The highest BCUT2D eigenvalue weighted by molar-refractivity contribution is 7.17. The van der Waals surface area contributed by atoms with E-state index >= 15 is 0 Å². The predicted molar refractivity (Wildman–Crippen MR) is 117 cm³/mol. The normalized spacial score (nSPS) is 20.3. The Morgan fingerprint density at radius 3 is 2.84 bits per heavy atom. The number of ether oxygens (including phenoxy) is 2. The molecule has 2 aromatic carbocycles. The number of hydrogen-bond acceptors (Lipinski definition) is 4. The Morgan fingerprint density at radius 1 is 1.19 bits per heavy atom. The number of carbonyl (C=O) groups excluding carboxylic acids is 1. The van der Waals surface area contributed by atoms with Gasteiger partial charge in [-0.25, -0.2) is 8.78 Å². The van der Waals surface area contributed by atoms with Gasteiger partial charge in [-0.2, -0.15) is 0 Å². The number of nitrogens with zero attached hydrogens (tertiary/aromatic N) is 1. The number of rotatable bonds is 3. The summed E-state index contributed by atoms with van der Waals surface area (Å²) in [5.41, 5.74) is 3.23. The van der Waals surface area contributed by atoms with Crippen LogP contribution in [0.2, 0.25) is 0 Å². The van der Waals surface area contributed by atoms with Crippen LogP contribution in [0.1, 0.15) is 12.6 Å². The summed E-state index contributed by atoms with van der Waals surface area (Å²) < 4.78 is 41.9. The van der Waals surface area contributed by atoms with Crippen LogP contribution >= 0.6 is 11.3 Å². The molecule has 0 bridgehead atoms. The summed E-state index contributed by atoms with van der Waals surface area (Å²) in [5, 5.41) is 6.22. The molecule has 2 unspecified atom stereocenters. The van der Waals surface area contributed by atoms with E-state index < -0.39 is 12.0 Å². The molecule has 31 heavy (non-hydrogen) atoms. The highest BCUT2D eigenvalue weighted by Crippen LogP contribution is 2.47. The Morgan fingerprint density at radius 2 is 2.03 bits per heavy atom. The first-order valence-corrected chi connectivity index (χ1v) is 10.5. The van der Waals surface area contributed by atoms with E-state index in [2.05, 4.69) is 5.32 Å². The molecule has 5 nitrogen and oxygen atoms in total. The van der Waals surface area contributed by atoms with Gasteiger partial charge in [0, 0.05) is 47.3 Å². The van der Waals surface area contributed by atoms with Gasteiger partial charge in [0.1, 0.15) is 11.9 Å². The third-order valence-corrected chi connectivity index (χ3v) is 6.87. The molecular formula is C23H18F2N2O3S. The standard InChI is InChI=1S/C23H16F2N2O3S.H2/c1-27-8-13(11-6-17(29-2)15(25)7-16(11)27)20-19(21-23(30-21)26-22(20)28)14-9-31-18-4-3-10(24)5-12(14)18;/h3-9,21,23H,1-2H3,(H,26,28);1H. The van der Waals surface area contributed by atoms with Gasteiger partial charge in [0.2, 0.25) is 0 Å². The number of hydrogen-bond donors (Lipinski definition) is 1. The van der Waals surface area contributed by atoms with Crippen molar-refractivity contribution in [2.24, 2.45) is 7.05 Å². The number of benzene rings is 2. The van der Waals surface area contributed by atoms with Gasteiger partial charge in [-0.05, 0) is 35.2 Å². The Bertz CT molecular complexity index is 1460. The van der Waals surface area contributed by atoms with Gasteiger partial charge in [0.05, 0.1) is 18.2 Å². The van der Waals surface area contributed by atoms with E-state index in [0.717, 1.165) is 21.2 Å². The van der Waals surface area contributed by atoms with Gasteiger partial charge in [0.15, 0.2) is 17.8 Å². The number of aromatic nitrogens is 1. The molecule has 1 saturated heterocycles. The van der Waals surface area contributed by atoms with Crippen molar-refractivity contribution in [1.29, 1.82) is 0 Å². The molecule has 1 amide bonds. The van der Waals surface area contributed by atoms with Crippen molar-refractivity contribution in [3.8, 4) is 5.75 Å². The van der Waals surface area contributed by atoms with Crippen LogP contribution in [0.3, 0.4) is 0 Å². The fourth-order valence-electron chi connectivity index (χ4n) is 4.41. The molecule has 4 aromatic rings. The van der Waals surface area contributed by atoms with Gasteiger partial charge in [-0.15, -0.1) is 11.3 Å². The van der Waals surface area contributed by atoms with Crippen molar-refractivity contribution in [1.82, 2.24) is 9.88 Å². The minimum Gasteiger partial charge on any atom is -0.494 e. The Balaban J connectivity index is 0.00000216. The lowest BCUT2D eigenvalue weighted by Gasteiger charge is -2.17. The number of methoxy groups -OCH3 is 1. The van der Waals surface area contributed by atoms with E-state index in [0.29, 0.717) is 22.0 Å². The first-order chi connectivity index (χ1) is 15.0. The van der Waals surface area contributed by atoms with Crippen LogP contribution in [-0.4, -0.2) is 29.9 Å². The molecule has 0 saturated carbocycles. The molecule has 1 N–H and O–H groups in total. The summed E-state index contributed by atoms with van der Waals surface area (Å²) in [5.74, 6) is -0.995. The third-order valence-electron chi connectivity index (χ3n) is 5.90. The second kappa shape index (κ2) is 6.38. The molecule has 158 valence electrons. The van der Waals surface area contributed by atoms with Crippen molar-refractivity contribution in [2.75, 3.05) is 7.11 Å². The van der Waals surface area contributed by atoms with E-state index in [1.165, 1.54) is 36.6 Å². The van der Waals surface area contributed by atoms with E-state index in [9.17, 15) is 13.6 Å². The summed E-state index contributed by atoms with van der Waals surface area (Å²) in [4.78, 5) is 13.2. The zero-order chi connectivity index (χ0) is 21.4. The Kier molecular flexibility index (Phi) is 3.82. The topological polar surface area (TPSA) is 55.8 Å². The number of aryl methyl sites for hydroxylation is 1. The van der Waals surface area contributed by atoms with Crippen molar-refractivity contribution in [3.05, 3.63) is 64.7 Å². The van der Waals surface area contributed by atoms with Gasteiger partial charge >= 0.3 is 0 Å². The number of fused-ring (bicyclic) bond motifs is 3. The molecule has 0 aliphatic carbocycles. The molecule has 6 rings (SSSR count). The summed E-state index contributed by atoms with van der Waals surface area (Å²) in [7, 11) is 3.20. The molecule has 2 aromatic heterocycles. The molecule has 0 spiro atoms. The number of amides is 1. The second-order valence-electron chi connectivity index (χ2n) is 7.69. The molecule has 4 heterocycles. The largest absolute Gasteiger partial charge is 0.494 e. The number of thiophene rings is 1. The Labute approximate surface area is 181 Å². The molecule has 1 fully saturated rings. The monoisotopic (exact) mass is 440 g/mol. The van der Waals surface area contributed by atoms with Crippen LogP contribution in [0, 0.1) is 11.6 Å². The van der Waals surface area contributed by atoms with Gasteiger partial charge < -0.3 is 19.4 Å². The van der Waals surface area contributed by atoms with E-state index in [-0.39, 0.29) is 25.0 Å². The highest BCUT2D eigenvalue weighted by atomic mass is 32.1. The smallest absolute Gasteiger partial charge is 0.254 e. The van der Waals surface area contributed by atoms with Crippen LogP contribution in [-0.2, 0) is 16.6 Å². The fraction of sp³-hybridized carbons (Fsp3) is 0.174. The first kappa shape index (κ1) is 18.5. The maximum absolute atomic E-state index is 14.3. The summed E-state index contributed by atoms with van der Waals surface area (Å²) in [6, 6.07) is 7.64. The van der Waals surface area contributed by atoms with Gasteiger partial charge in [-0.3, -0.25) is 4.79 Å². The van der Waals surface area contributed by atoms with Crippen LogP contribution in [0.5, 0.6) is 5.75 Å². The van der Waals surface area contributed by atoms with Crippen molar-refractivity contribution in [3.63, 3.8) is 0 Å². The Hall–Kier alpha value is -3.23. The molecule has 8 heteroatoms. The first-order valence-electron chi connectivity index (χ1n) is 9.67. The number of carbonyl (C=O) groups is 1. The van der Waals surface area contributed by atoms with E-state index in [1.807, 2.05) is 5.38 Å². The van der Waals surface area contributed by atoms with Gasteiger partial charge in [0.25, 0.3) is 5.91 Å². The molecule has 2 aliphatic rings. The van der Waals surface area contributed by atoms with Crippen LogP contribution < -0.4 is 10.1 Å².